The van der Waals surface area contributed by atoms with Crippen LogP contribution in [-0.2, 0) is 4.74 Å². The van der Waals surface area contributed by atoms with Crippen LogP contribution in [0.3, 0.4) is 0 Å². The van der Waals surface area contributed by atoms with Gasteiger partial charge in [0.1, 0.15) is 0 Å². The fourth-order valence-electron chi connectivity index (χ4n) is 1.56. The molecule has 0 aromatic carbocycles. The summed E-state index contributed by atoms with van der Waals surface area (Å²) in [5.41, 5.74) is 0.0256. The van der Waals surface area contributed by atoms with Gasteiger partial charge < -0.3 is 15.2 Å². The van der Waals surface area contributed by atoms with Gasteiger partial charge in [-0.1, -0.05) is 13.8 Å². The summed E-state index contributed by atoms with van der Waals surface area (Å²) in [5.74, 6) is 0. The number of nitrogens with one attached hydrogen (secondary N) is 1. The van der Waals surface area contributed by atoms with Crippen LogP contribution in [0.5, 0.6) is 0 Å². The van der Waals surface area contributed by atoms with Crippen LogP contribution in [-0.4, -0.2) is 36.5 Å². The number of rotatable bonds is 4. The molecular formula is C11H23NO2. The van der Waals surface area contributed by atoms with Crippen molar-refractivity contribution < 1.29 is 9.84 Å². The summed E-state index contributed by atoms with van der Waals surface area (Å²) >= 11 is 0. The van der Waals surface area contributed by atoms with E-state index in [9.17, 15) is 0 Å². The van der Waals surface area contributed by atoms with Crippen molar-refractivity contribution in [3.05, 3.63) is 0 Å². The van der Waals surface area contributed by atoms with Crippen molar-refractivity contribution in [3.8, 4) is 0 Å². The molecule has 0 saturated carbocycles. The molecule has 14 heavy (non-hydrogen) atoms. The average Bonchev–Trinajstić information content (AvgIpc) is 2.45. The molecule has 2 N–H and O–H groups in total. The van der Waals surface area contributed by atoms with E-state index < -0.39 is 0 Å². The molecule has 1 saturated heterocycles. The third kappa shape index (κ3) is 2.69. The molecule has 0 bridgehead atoms. The summed E-state index contributed by atoms with van der Waals surface area (Å²) in [6.07, 6.45) is 1.31. The fourth-order valence-corrected chi connectivity index (χ4v) is 1.56. The van der Waals surface area contributed by atoms with Gasteiger partial charge in [-0.3, -0.25) is 0 Å². The molecule has 1 fully saturated rings. The number of ether oxygens (including phenoxy) is 1. The van der Waals surface area contributed by atoms with Gasteiger partial charge >= 0.3 is 0 Å². The molecule has 84 valence electrons. The van der Waals surface area contributed by atoms with Crippen molar-refractivity contribution in [2.75, 3.05) is 19.8 Å². The third-order valence-corrected chi connectivity index (χ3v) is 3.29. The first-order valence-electron chi connectivity index (χ1n) is 5.37. The van der Waals surface area contributed by atoms with Gasteiger partial charge in [-0.15, -0.1) is 0 Å². The van der Waals surface area contributed by atoms with E-state index in [1.54, 1.807) is 0 Å². The van der Waals surface area contributed by atoms with E-state index in [1.165, 1.54) is 0 Å². The lowest BCUT2D eigenvalue weighted by Gasteiger charge is -2.33. The molecular weight excluding hydrogens is 178 g/mol. The minimum atomic E-state index is -0.0503. The summed E-state index contributed by atoms with van der Waals surface area (Å²) < 4.78 is 5.54. The molecule has 1 heterocycles. The van der Waals surface area contributed by atoms with Crippen molar-refractivity contribution in [2.24, 2.45) is 5.41 Å². The predicted molar refractivity (Wildman–Crippen MR) is 57.3 cm³/mol. The summed E-state index contributed by atoms with van der Waals surface area (Å²) in [6.45, 7) is 10.3. The van der Waals surface area contributed by atoms with Gasteiger partial charge in [0.2, 0.25) is 0 Å². The second-order valence-corrected chi connectivity index (χ2v) is 5.36. The number of aliphatic hydroxyl groups excluding tert-OH is 1. The van der Waals surface area contributed by atoms with E-state index >= 15 is 0 Å². The van der Waals surface area contributed by atoms with Crippen LogP contribution >= 0.6 is 0 Å². The van der Waals surface area contributed by atoms with Gasteiger partial charge in [0.05, 0.1) is 6.10 Å². The Balaban J connectivity index is 2.44. The predicted octanol–water partition coefficient (Wildman–Crippen LogP) is 1.16. The van der Waals surface area contributed by atoms with Crippen molar-refractivity contribution in [3.63, 3.8) is 0 Å². The zero-order valence-electron chi connectivity index (χ0n) is 9.76. The molecule has 1 aliphatic rings. The Morgan fingerprint density at radius 3 is 2.64 bits per heavy atom. The largest absolute Gasteiger partial charge is 0.396 e. The molecule has 1 rings (SSSR count). The number of hydrogen-bond donors (Lipinski definition) is 2. The van der Waals surface area contributed by atoms with Crippen LogP contribution in [0, 0.1) is 5.41 Å². The van der Waals surface area contributed by atoms with Gasteiger partial charge in [-0.25, -0.2) is 0 Å². The summed E-state index contributed by atoms with van der Waals surface area (Å²) in [4.78, 5) is 0. The highest BCUT2D eigenvalue weighted by atomic mass is 16.5. The van der Waals surface area contributed by atoms with E-state index in [0.717, 1.165) is 19.6 Å². The summed E-state index contributed by atoms with van der Waals surface area (Å²) in [6, 6.07) is 0. The van der Waals surface area contributed by atoms with Gasteiger partial charge in [0.15, 0.2) is 0 Å². The highest BCUT2D eigenvalue weighted by Gasteiger charge is 2.37. The highest BCUT2D eigenvalue weighted by Crippen LogP contribution is 2.26. The Bertz CT molecular complexity index is 194. The Hall–Kier alpha value is -0.120. The Kier molecular flexibility index (Phi) is 3.56. The molecule has 0 aromatic heterocycles. The topological polar surface area (TPSA) is 41.5 Å². The van der Waals surface area contributed by atoms with Gasteiger partial charge in [-0.05, 0) is 20.3 Å². The van der Waals surface area contributed by atoms with Crippen LogP contribution < -0.4 is 5.32 Å². The quantitative estimate of drug-likeness (QED) is 0.717. The van der Waals surface area contributed by atoms with Crippen LogP contribution in [0.25, 0.3) is 0 Å². The first-order chi connectivity index (χ1) is 6.40. The molecule has 0 spiro atoms. The molecule has 2 unspecified atom stereocenters. The maximum absolute atomic E-state index is 9.15. The number of hydrogen-bond acceptors (Lipinski definition) is 3. The maximum Gasteiger partial charge on any atom is 0.0726 e. The Labute approximate surface area is 86.8 Å². The second kappa shape index (κ2) is 4.17. The van der Waals surface area contributed by atoms with Crippen LogP contribution in [0.1, 0.15) is 34.1 Å². The second-order valence-electron chi connectivity index (χ2n) is 5.36. The van der Waals surface area contributed by atoms with Crippen LogP contribution in [0.4, 0.5) is 0 Å². The lowest BCUT2D eigenvalue weighted by atomic mass is 9.90. The lowest BCUT2D eigenvalue weighted by Crippen LogP contribution is -2.51. The summed E-state index contributed by atoms with van der Waals surface area (Å²) in [5, 5.41) is 12.7. The lowest BCUT2D eigenvalue weighted by molar-refractivity contribution is 0.0783. The zero-order chi connectivity index (χ0) is 10.8. The molecule has 1 aliphatic heterocycles. The van der Waals surface area contributed by atoms with E-state index in [4.69, 9.17) is 9.84 Å². The normalized spacial score (nSPS) is 33.6. The van der Waals surface area contributed by atoms with E-state index in [-0.39, 0.29) is 23.7 Å². The van der Waals surface area contributed by atoms with Gasteiger partial charge in [0.25, 0.3) is 0 Å². The summed E-state index contributed by atoms with van der Waals surface area (Å²) in [7, 11) is 0. The van der Waals surface area contributed by atoms with Crippen molar-refractivity contribution in [2.45, 2.75) is 45.8 Å². The molecule has 2 atom stereocenters. The van der Waals surface area contributed by atoms with E-state index in [2.05, 4.69) is 33.0 Å². The highest BCUT2D eigenvalue weighted by molar-refractivity contribution is 4.94. The van der Waals surface area contributed by atoms with E-state index in [0.29, 0.717) is 0 Å². The molecule has 0 aliphatic carbocycles. The first-order valence-corrected chi connectivity index (χ1v) is 5.37. The smallest absolute Gasteiger partial charge is 0.0726 e. The fraction of sp³-hybridized carbons (Fsp3) is 1.00. The van der Waals surface area contributed by atoms with E-state index in [1.807, 2.05) is 0 Å². The average molecular weight is 201 g/mol. The van der Waals surface area contributed by atoms with Crippen molar-refractivity contribution >= 4 is 0 Å². The van der Waals surface area contributed by atoms with Crippen molar-refractivity contribution in [1.82, 2.24) is 5.32 Å². The molecule has 0 radical (unpaired) electrons. The monoisotopic (exact) mass is 201 g/mol. The Morgan fingerprint density at radius 2 is 2.21 bits per heavy atom. The van der Waals surface area contributed by atoms with Gasteiger partial charge in [0, 0.05) is 30.7 Å². The SMILES string of the molecule is CC1OCCC1(C)NCC(C)(C)CO. The third-order valence-electron chi connectivity index (χ3n) is 3.29. The molecule has 3 heteroatoms. The standard InChI is InChI=1S/C11H23NO2/c1-9-11(4,5-6-14-9)12-7-10(2,3)8-13/h9,12-13H,5-8H2,1-4H3. The Morgan fingerprint density at radius 1 is 1.57 bits per heavy atom. The number of aliphatic hydroxyl groups is 1. The first kappa shape index (κ1) is 12.0. The minimum Gasteiger partial charge on any atom is -0.396 e. The van der Waals surface area contributed by atoms with Crippen LogP contribution in [0.15, 0.2) is 0 Å². The molecule has 0 aromatic rings. The van der Waals surface area contributed by atoms with Crippen molar-refractivity contribution in [1.29, 1.82) is 0 Å². The molecule has 0 amide bonds. The van der Waals surface area contributed by atoms with Gasteiger partial charge in [-0.2, -0.15) is 0 Å². The van der Waals surface area contributed by atoms with Crippen LogP contribution in [0.2, 0.25) is 0 Å². The minimum absolute atomic E-state index is 0.0503. The zero-order valence-corrected chi connectivity index (χ0v) is 9.76. The maximum atomic E-state index is 9.15. The molecule has 3 nitrogen and oxygen atoms in total.